The van der Waals surface area contributed by atoms with Gasteiger partial charge >= 0.3 is 5.97 Å². The number of carbonyl (C=O) groups is 1. The van der Waals surface area contributed by atoms with E-state index in [0.717, 1.165) is 25.8 Å². The van der Waals surface area contributed by atoms with Crippen molar-refractivity contribution in [3.05, 3.63) is 0 Å². The molecule has 2 N–H and O–H groups in total. The monoisotopic (exact) mass is 173 g/mol. The summed E-state index contributed by atoms with van der Waals surface area (Å²) in [6.45, 7) is 1.41. The van der Waals surface area contributed by atoms with Gasteiger partial charge in [0.2, 0.25) is 0 Å². The summed E-state index contributed by atoms with van der Waals surface area (Å²) in [4.78, 5) is 10.7. The molecule has 0 aromatic heterocycles. The maximum Gasteiger partial charge on any atom is 0.323 e. The van der Waals surface area contributed by atoms with Gasteiger partial charge in [-0.3, -0.25) is 4.79 Å². The van der Waals surface area contributed by atoms with E-state index >= 15 is 0 Å². The molecule has 0 atom stereocenters. The Morgan fingerprint density at radius 2 is 2.33 bits per heavy atom. The third-order valence-corrected chi connectivity index (χ3v) is 2.15. The Balaban J connectivity index is 2.10. The lowest BCUT2D eigenvalue weighted by atomic mass is 10.2. The van der Waals surface area contributed by atoms with Crippen LogP contribution in [0.1, 0.15) is 19.3 Å². The number of aliphatic carboxylic acids is 1. The second-order valence-corrected chi connectivity index (χ2v) is 3.16. The molecule has 4 nitrogen and oxygen atoms in total. The van der Waals surface area contributed by atoms with Gasteiger partial charge in [0.25, 0.3) is 0 Å². The largest absolute Gasteiger partial charge is 0.480 e. The van der Waals surface area contributed by atoms with Crippen LogP contribution in [0.25, 0.3) is 0 Å². The van der Waals surface area contributed by atoms with Crippen molar-refractivity contribution in [2.45, 2.75) is 24.8 Å². The van der Waals surface area contributed by atoms with E-state index in [1.54, 1.807) is 7.11 Å². The number of hydrogen-bond donors (Lipinski definition) is 2. The summed E-state index contributed by atoms with van der Waals surface area (Å²) in [6, 6.07) is 0. The molecule has 1 saturated carbocycles. The molecule has 4 heteroatoms. The van der Waals surface area contributed by atoms with Gasteiger partial charge in [-0.15, -0.1) is 0 Å². The molecule has 0 aromatic carbocycles. The van der Waals surface area contributed by atoms with Crippen molar-refractivity contribution in [3.63, 3.8) is 0 Å². The summed E-state index contributed by atoms with van der Waals surface area (Å²) in [5, 5.41) is 11.8. The highest BCUT2D eigenvalue weighted by Gasteiger charge is 2.49. The van der Waals surface area contributed by atoms with Crippen molar-refractivity contribution in [2.24, 2.45) is 0 Å². The first-order valence-corrected chi connectivity index (χ1v) is 4.19. The zero-order chi connectivity index (χ0) is 9.03. The van der Waals surface area contributed by atoms with E-state index in [1.807, 2.05) is 0 Å². The van der Waals surface area contributed by atoms with Crippen LogP contribution in [0.4, 0.5) is 0 Å². The molecule has 0 spiro atoms. The SMILES string of the molecule is COCCCNC1(C(=O)O)CC1. The Morgan fingerprint density at radius 3 is 2.75 bits per heavy atom. The Hall–Kier alpha value is -0.610. The van der Waals surface area contributed by atoms with Gasteiger partial charge in [-0.2, -0.15) is 0 Å². The number of ether oxygens (including phenoxy) is 1. The second kappa shape index (κ2) is 3.87. The number of carboxylic acids is 1. The lowest BCUT2D eigenvalue weighted by molar-refractivity contribution is -0.140. The smallest absolute Gasteiger partial charge is 0.323 e. The van der Waals surface area contributed by atoms with Gasteiger partial charge in [-0.1, -0.05) is 0 Å². The summed E-state index contributed by atoms with van der Waals surface area (Å²) in [7, 11) is 1.64. The Labute approximate surface area is 71.9 Å². The minimum atomic E-state index is -0.722. The zero-order valence-electron chi connectivity index (χ0n) is 7.30. The quantitative estimate of drug-likeness (QED) is 0.564. The second-order valence-electron chi connectivity index (χ2n) is 3.16. The minimum Gasteiger partial charge on any atom is -0.480 e. The van der Waals surface area contributed by atoms with E-state index in [9.17, 15) is 4.79 Å². The normalized spacial score (nSPS) is 19.1. The molecule has 70 valence electrons. The maximum atomic E-state index is 10.7. The molecular weight excluding hydrogens is 158 g/mol. The number of methoxy groups -OCH3 is 1. The van der Waals surface area contributed by atoms with Gasteiger partial charge in [0.15, 0.2) is 0 Å². The lowest BCUT2D eigenvalue weighted by Gasteiger charge is -2.11. The molecule has 0 radical (unpaired) electrons. The first kappa shape index (κ1) is 9.48. The molecule has 0 amide bonds. The van der Waals surface area contributed by atoms with E-state index in [0.29, 0.717) is 6.61 Å². The first-order valence-electron chi connectivity index (χ1n) is 4.19. The standard InChI is InChI=1S/C8H15NO3/c1-12-6-2-5-9-8(3-4-8)7(10)11/h9H,2-6H2,1H3,(H,10,11). The van der Waals surface area contributed by atoms with Gasteiger partial charge in [0.05, 0.1) is 0 Å². The molecule has 1 aliphatic rings. The molecule has 0 aromatic rings. The van der Waals surface area contributed by atoms with Gasteiger partial charge in [-0.05, 0) is 25.8 Å². The van der Waals surface area contributed by atoms with Crippen molar-refractivity contribution < 1.29 is 14.6 Å². The fourth-order valence-electron chi connectivity index (χ4n) is 1.14. The minimum absolute atomic E-state index is 0.590. The average Bonchev–Trinajstić information content (AvgIpc) is 2.79. The van der Waals surface area contributed by atoms with Crippen LogP contribution in [0.5, 0.6) is 0 Å². The lowest BCUT2D eigenvalue weighted by Crippen LogP contribution is -2.39. The molecule has 1 rings (SSSR count). The summed E-state index contributed by atoms with van der Waals surface area (Å²) in [5.41, 5.74) is -0.590. The molecular formula is C8H15NO3. The highest BCUT2D eigenvalue weighted by atomic mass is 16.5. The van der Waals surface area contributed by atoms with Crippen molar-refractivity contribution in [2.75, 3.05) is 20.3 Å². The topological polar surface area (TPSA) is 58.6 Å². The van der Waals surface area contributed by atoms with Gasteiger partial charge in [0, 0.05) is 13.7 Å². The van der Waals surface area contributed by atoms with E-state index in [1.165, 1.54) is 0 Å². The fraction of sp³-hybridized carbons (Fsp3) is 0.875. The van der Waals surface area contributed by atoms with Crippen LogP contribution in [0.3, 0.4) is 0 Å². The Kier molecular flexibility index (Phi) is 3.05. The van der Waals surface area contributed by atoms with Crippen LogP contribution >= 0.6 is 0 Å². The van der Waals surface area contributed by atoms with Crippen molar-refractivity contribution >= 4 is 5.97 Å². The van der Waals surface area contributed by atoms with Crippen LogP contribution in [-0.2, 0) is 9.53 Å². The van der Waals surface area contributed by atoms with Crippen molar-refractivity contribution in [1.29, 1.82) is 0 Å². The van der Waals surface area contributed by atoms with Gasteiger partial charge in [0.1, 0.15) is 5.54 Å². The predicted octanol–water partition coefficient (Wildman–Crippen LogP) is 0.230. The molecule has 0 aliphatic heterocycles. The van der Waals surface area contributed by atoms with E-state index < -0.39 is 11.5 Å². The molecule has 12 heavy (non-hydrogen) atoms. The fourth-order valence-corrected chi connectivity index (χ4v) is 1.14. The first-order chi connectivity index (χ1) is 5.71. The van der Waals surface area contributed by atoms with Crippen LogP contribution in [0.15, 0.2) is 0 Å². The number of carboxylic acid groups (broad SMARTS) is 1. The Bertz CT molecular complexity index is 166. The zero-order valence-corrected chi connectivity index (χ0v) is 7.30. The van der Waals surface area contributed by atoms with Crippen LogP contribution in [-0.4, -0.2) is 36.9 Å². The summed E-state index contributed by atoms with van der Waals surface area (Å²) >= 11 is 0. The maximum absolute atomic E-state index is 10.7. The highest BCUT2D eigenvalue weighted by molar-refractivity contribution is 5.82. The van der Waals surface area contributed by atoms with E-state index in [4.69, 9.17) is 9.84 Å². The summed E-state index contributed by atoms with van der Waals surface area (Å²) in [5.74, 6) is -0.722. The Morgan fingerprint density at radius 1 is 1.67 bits per heavy atom. The number of nitrogens with one attached hydrogen (secondary N) is 1. The van der Waals surface area contributed by atoms with Crippen LogP contribution < -0.4 is 5.32 Å². The van der Waals surface area contributed by atoms with E-state index in [2.05, 4.69) is 5.32 Å². The van der Waals surface area contributed by atoms with Crippen LogP contribution in [0, 0.1) is 0 Å². The summed E-state index contributed by atoms with van der Waals surface area (Å²) in [6.07, 6.45) is 2.39. The number of rotatable bonds is 6. The van der Waals surface area contributed by atoms with Crippen molar-refractivity contribution in [1.82, 2.24) is 5.32 Å². The molecule has 0 unspecified atom stereocenters. The molecule has 0 saturated heterocycles. The van der Waals surface area contributed by atoms with E-state index in [-0.39, 0.29) is 0 Å². The number of hydrogen-bond acceptors (Lipinski definition) is 3. The van der Waals surface area contributed by atoms with Crippen molar-refractivity contribution in [3.8, 4) is 0 Å². The molecule has 1 fully saturated rings. The average molecular weight is 173 g/mol. The summed E-state index contributed by atoms with van der Waals surface area (Å²) < 4.78 is 4.85. The third kappa shape index (κ3) is 2.19. The molecule has 0 bridgehead atoms. The predicted molar refractivity (Wildman–Crippen MR) is 44.1 cm³/mol. The molecule has 1 aliphatic carbocycles. The third-order valence-electron chi connectivity index (χ3n) is 2.15. The highest BCUT2D eigenvalue weighted by Crippen LogP contribution is 2.35. The molecule has 0 heterocycles. The van der Waals surface area contributed by atoms with Gasteiger partial charge in [-0.25, -0.2) is 0 Å². The van der Waals surface area contributed by atoms with Crippen LogP contribution in [0.2, 0.25) is 0 Å². The van der Waals surface area contributed by atoms with Gasteiger partial charge < -0.3 is 15.2 Å².